The summed E-state index contributed by atoms with van der Waals surface area (Å²) in [5.74, 6) is -1.99. The number of likely N-dealkylation sites (tertiary alicyclic amines) is 1. The number of ketones is 2. The lowest BCUT2D eigenvalue weighted by Gasteiger charge is -2.36. The number of esters is 1. The van der Waals surface area contributed by atoms with Gasteiger partial charge in [-0.05, 0) is 25.2 Å². The Morgan fingerprint density at radius 3 is 2.33 bits per heavy atom. The molecule has 1 aliphatic heterocycles. The van der Waals surface area contributed by atoms with Crippen molar-refractivity contribution in [3.63, 3.8) is 0 Å². The number of allylic oxidation sites excluding steroid dienone is 2. The molecule has 1 atom stereocenters. The van der Waals surface area contributed by atoms with Crippen LogP contribution in [0.3, 0.4) is 0 Å². The Kier molecular flexibility index (Phi) is 4.21. The van der Waals surface area contributed by atoms with E-state index < -0.39 is 17.3 Å². The summed E-state index contributed by atoms with van der Waals surface area (Å²) in [7, 11) is 1.28. The second-order valence-corrected chi connectivity index (χ2v) is 6.56. The Bertz CT molecular complexity index is 512. The van der Waals surface area contributed by atoms with Crippen molar-refractivity contribution in [3.8, 4) is 0 Å². The van der Waals surface area contributed by atoms with Gasteiger partial charge in [0.05, 0.1) is 12.7 Å². The molecule has 1 saturated carbocycles. The first-order valence-corrected chi connectivity index (χ1v) is 7.40. The molecule has 116 valence electrons. The monoisotopic (exact) mass is 293 g/mol. The quantitative estimate of drug-likeness (QED) is 0.336. The van der Waals surface area contributed by atoms with Crippen molar-refractivity contribution in [2.24, 2.45) is 11.3 Å². The van der Waals surface area contributed by atoms with E-state index >= 15 is 0 Å². The molecule has 5 nitrogen and oxygen atoms in total. The van der Waals surface area contributed by atoms with Crippen molar-refractivity contribution in [2.45, 2.75) is 40.0 Å². The molecule has 0 spiro atoms. The van der Waals surface area contributed by atoms with Gasteiger partial charge in [0, 0.05) is 25.2 Å². The van der Waals surface area contributed by atoms with Gasteiger partial charge in [0.15, 0.2) is 11.6 Å². The number of rotatable bonds is 2. The highest BCUT2D eigenvalue weighted by atomic mass is 16.5. The van der Waals surface area contributed by atoms with E-state index in [1.165, 1.54) is 7.11 Å². The molecule has 0 amide bonds. The maximum atomic E-state index is 12.7. The second kappa shape index (κ2) is 5.62. The summed E-state index contributed by atoms with van der Waals surface area (Å²) in [4.78, 5) is 39.2. The fraction of sp³-hybridized carbons (Fsp3) is 0.688. The van der Waals surface area contributed by atoms with Gasteiger partial charge in [-0.25, -0.2) is 0 Å². The molecule has 0 aromatic heterocycles. The highest BCUT2D eigenvalue weighted by Gasteiger charge is 2.50. The van der Waals surface area contributed by atoms with E-state index in [9.17, 15) is 14.4 Å². The molecule has 0 unspecified atom stereocenters. The lowest BCUT2D eigenvalue weighted by Crippen LogP contribution is -2.47. The van der Waals surface area contributed by atoms with Crippen molar-refractivity contribution in [1.29, 1.82) is 0 Å². The minimum Gasteiger partial charge on any atom is -0.468 e. The molecule has 0 aromatic rings. The van der Waals surface area contributed by atoms with Gasteiger partial charge in [-0.3, -0.25) is 14.4 Å². The molecular formula is C16H23NO4. The van der Waals surface area contributed by atoms with E-state index in [0.717, 1.165) is 25.9 Å². The fourth-order valence-corrected chi connectivity index (χ4v) is 3.38. The topological polar surface area (TPSA) is 63.7 Å². The molecule has 2 rings (SSSR count). The molecule has 2 aliphatic rings. The molecule has 0 radical (unpaired) electrons. The van der Waals surface area contributed by atoms with Crippen LogP contribution >= 0.6 is 0 Å². The van der Waals surface area contributed by atoms with Crippen molar-refractivity contribution in [1.82, 2.24) is 4.90 Å². The first-order valence-electron chi connectivity index (χ1n) is 7.40. The third-order valence-corrected chi connectivity index (χ3v) is 4.56. The van der Waals surface area contributed by atoms with Crippen LogP contribution in [0.4, 0.5) is 0 Å². The summed E-state index contributed by atoms with van der Waals surface area (Å²) >= 11 is 0. The Hall–Kier alpha value is -1.65. The largest absolute Gasteiger partial charge is 0.468 e. The SMILES string of the molecule is COC(=O)[C@H]1C(=O)/C(=C(/C)N2CCCC2)C(=O)CC1(C)C. The van der Waals surface area contributed by atoms with E-state index in [2.05, 4.69) is 4.90 Å². The molecule has 0 bridgehead atoms. The summed E-state index contributed by atoms with van der Waals surface area (Å²) in [5, 5.41) is 0. The Morgan fingerprint density at radius 2 is 1.81 bits per heavy atom. The summed E-state index contributed by atoms with van der Waals surface area (Å²) in [6.07, 6.45) is 2.33. The van der Waals surface area contributed by atoms with Gasteiger partial charge in [-0.1, -0.05) is 13.8 Å². The van der Waals surface area contributed by atoms with Gasteiger partial charge in [0.2, 0.25) is 0 Å². The van der Waals surface area contributed by atoms with Gasteiger partial charge in [0.1, 0.15) is 5.92 Å². The average molecular weight is 293 g/mol. The Morgan fingerprint density at radius 1 is 1.24 bits per heavy atom. The van der Waals surface area contributed by atoms with Crippen LogP contribution in [0.5, 0.6) is 0 Å². The molecule has 0 aromatic carbocycles. The van der Waals surface area contributed by atoms with Crippen LogP contribution in [0.15, 0.2) is 11.3 Å². The maximum absolute atomic E-state index is 12.7. The number of hydrogen-bond acceptors (Lipinski definition) is 5. The number of Topliss-reactive ketones (excluding diaryl/α,β-unsaturated/α-hetero) is 2. The summed E-state index contributed by atoms with van der Waals surface area (Å²) in [5.41, 5.74) is 0.217. The van der Waals surface area contributed by atoms with Gasteiger partial charge in [-0.2, -0.15) is 0 Å². The van der Waals surface area contributed by atoms with Gasteiger partial charge in [-0.15, -0.1) is 0 Å². The third kappa shape index (κ3) is 2.74. The molecule has 1 saturated heterocycles. The number of ether oxygens (including phenoxy) is 1. The van der Waals surface area contributed by atoms with Gasteiger partial charge >= 0.3 is 5.97 Å². The summed E-state index contributed by atoms with van der Waals surface area (Å²) in [6.45, 7) is 7.08. The zero-order chi connectivity index (χ0) is 15.8. The number of methoxy groups -OCH3 is 1. The number of nitrogens with zero attached hydrogens (tertiary/aromatic N) is 1. The van der Waals surface area contributed by atoms with E-state index in [1.54, 1.807) is 13.8 Å². The molecular weight excluding hydrogens is 270 g/mol. The van der Waals surface area contributed by atoms with Crippen LogP contribution in [0.25, 0.3) is 0 Å². The number of carbonyl (C=O) groups is 3. The lowest BCUT2D eigenvalue weighted by molar-refractivity contribution is -0.155. The maximum Gasteiger partial charge on any atom is 0.317 e. The predicted molar refractivity (Wildman–Crippen MR) is 77.4 cm³/mol. The second-order valence-electron chi connectivity index (χ2n) is 6.56. The van der Waals surface area contributed by atoms with Crippen molar-refractivity contribution < 1.29 is 19.1 Å². The Labute approximate surface area is 125 Å². The van der Waals surface area contributed by atoms with Crippen LogP contribution in [0.1, 0.15) is 40.0 Å². The zero-order valence-electron chi connectivity index (χ0n) is 13.2. The van der Waals surface area contributed by atoms with Crippen LogP contribution in [-0.2, 0) is 19.1 Å². The predicted octanol–water partition coefficient (Wildman–Crippen LogP) is 1.71. The summed E-state index contributed by atoms with van der Waals surface area (Å²) < 4.78 is 4.78. The van der Waals surface area contributed by atoms with E-state index in [-0.39, 0.29) is 23.6 Å². The molecule has 0 N–H and O–H groups in total. The summed E-state index contributed by atoms with van der Waals surface area (Å²) in [6, 6.07) is 0. The standard InChI is InChI=1S/C16H23NO4/c1-10(17-7-5-6-8-17)12-11(18)9-16(2,3)13(14(12)19)15(20)21-4/h13H,5-9H2,1-4H3/b12-10-/t13-/m1/s1. The van der Waals surface area contributed by atoms with E-state index in [0.29, 0.717) is 5.70 Å². The minimum absolute atomic E-state index is 0.158. The molecule has 2 fully saturated rings. The van der Waals surface area contributed by atoms with E-state index in [1.807, 2.05) is 6.92 Å². The van der Waals surface area contributed by atoms with Crippen LogP contribution < -0.4 is 0 Å². The van der Waals surface area contributed by atoms with Crippen molar-refractivity contribution in [3.05, 3.63) is 11.3 Å². The first kappa shape index (κ1) is 15.7. The van der Waals surface area contributed by atoms with Crippen molar-refractivity contribution >= 4 is 17.5 Å². The van der Waals surface area contributed by atoms with Crippen LogP contribution in [0.2, 0.25) is 0 Å². The number of hydrogen-bond donors (Lipinski definition) is 0. The molecule has 1 heterocycles. The normalized spacial score (nSPS) is 27.8. The van der Waals surface area contributed by atoms with Gasteiger partial charge < -0.3 is 9.64 Å². The van der Waals surface area contributed by atoms with Gasteiger partial charge in [0.25, 0.3) is 0 Å². The first-order chi connectivity index (χ1) is 9.79. The lowest BCUT2D eigenvalue weighted by atomic mass is 9.65. The highest BCUT2D eigenvalue weighted by Crippen LogP contribution is 2.41. The molecule has 21 heavy (non-hydrogen) atoms. The fourth-order valence-electron chi connectivity index (χ4n) is 3.38. The van der Waals surface area contributed by atoms with Crippen molar-refractivity contribution in [2.75, 3.05) is 20.2 Å². The highest BCUT2D eigenvalue weighted by molar-refractivity contribution is 6.27. The van der Waals surface area contributed by atoms with E-state index in [4.69, 9.17) is 4.74 Å². The zero-order valence-corrected chi connectivity index (χ0v) is 13.2. The minimum atomic E-state index is -0.896. The molecule has 1 aliphatic carbocycles. The third-order valence-electron chi connectivity index (χ3n) is 4.56. The Balaban J connectivity index is 2.43. The number of carbonyl (C=O) groups excluding carboxylic acids is 3. The van der Waals surface area contributed by atoms with Crippen LogP contribution in [0, 0.1) is 11.3 Å². The average Bonchev–Trinajstić information content (AvgIpc) is 2.90. The van der Waals surface area contributed by atoms with Crippen LogP contribution in [-0.4, -0.2) is 42.6 Å². The smallest absolute Gasteiger partial charge is 0.317 e. The molecule has 5 heteroatoms.